The van der Waals surface area contributed by atoms with Crippen LogP contribution in [0.2, 0.25) is 0 Å². The molecule has 0 bridgehead atoms. The molecular weight excluding hydrogens is 757 g/mol. The predicted molar refractivity (Wildman–Crippen MR) is 227 cm³/mol. The number of rotatable bonds is 26. The van der Waals surface area contributed by atoms with Crippen molar-refractivity contribution in [3.8, 4) is 11.5 Å². The molecule has 56 heavy (non-hydrogen) atoms. The molecule has 1 aromatic carbocycles. The van der Waals surface area contributed by atoms with Crippen molar-refractivity contribution < 1.29 is 37.7 Å². The fraction of sp³-hybridized carbons (Fsp3) is 0.512. The highest BCUT2D eigenvalue weighted by atomic mass is 33.1. The maximum atomic E-state index is 13.1. The minimum Gasteiger partial charge on any atom is -0.396 e. The number of alkyl halides is 2. The van der Waals surface area contributed by atoms with Gasteiger partial charge < -0.3 is 30.5 Å². The molecule has 4 N–H and O–H groups in total. The highest BCUT2D eigenvalue weighted by molar-refractivity contribution is 8.76. The van der Waals surface area contributed by atoms with Crippen LogP contribution in [0.15, 0.2) is 91.1 Å². The van der Waals surface area contributed by atoms with E-state index in [1.54, 1.807) is 6.07 Å². The number of aliphatic hydroxyl groups is 1. The highest BCUT2D eigenvalue weighted by Crippen LogP contribution is 2.51. The fourth-order valence-corrected chi connectivity index (χ4v) is 6.99. The maximum Gasteiger partial charge on any atom is 0.586 e. The Labute approximate surface area is 340 Å². The molecule has 2 aliphatic rings. The number of hydrogen-bond acceptors (Lipinski definition) is 8. The molecule has 0 radical (unpaired) electrons. The van der Waals surface area contributed by atoms with Crippen LogP contribution in [-0.2, 0) is 19.8 Å². The van der Waals surface area contributed by atoms with Crippen molar-refractivity contribution in [2.75, 3.05) is 32.0 Å². The number of hydrogen-bond donors (Lipinski definition) is 4. The zero-order valence-electron chi connectivity index (χ0n) is 33.1. The Morgan fingerprint density at radius 2 is 1.34 bits per heavy atom. The average molecular weight is 818 g/mol. The van der Waals surface area contributed by atoms with Crippen LogP contribution in [0.25, 0.3) is 0 Å². The zero-order valence-corrected chi connectivity index (χ0v) is 34.7. The van der Waals surface area contributed by atoms with Gasteiger partial charge in [-0.25, -0.2) is 0 Å². The second-order valence-corrected chi connectivity index (χ2v) is 16.4. The number of carbonyl (C=O) groups excluding carboxylic acids is 3. The number of fused-ring (bicyclic) bond motifs is 1. The van der Waals surface area contributed by atoms with Crippen molar-refractivity contribution >= 4 is 39.3 Å². The van der Waals surface area contributed by atoms with Crippen molar-refractivity contribution in [3.63, 3.8) is 0 Å². The number of allylic oxidation sites excluding steroid dienone is 12. The molecule has 0 saturated heterocycles. The third-order valence-electron chi connectivity index (χ3n) is 8.11. The summed E-state index contributed by atoms with van der Waals surface area (Å²) in [5.74, 6) is 0.235. The second-order valence-electron chi connectivity index (χ2n) is 13.3. The van der Waals surface area contributed by atoms with E-state index in [-0.39, 0.29) is 42.4 Å². The minimum absolute atomic E-state index is 0.0289. The van der Waals surface area contributed by atoms with E-state index in [0.717, 1.165) is 57.2 Å². The lowest BCUT2D eigenvalue weighted by Crippen LogP contribution is -2.41. The third-order valence-corrected chi connectivity index (χ3v) is 11.1. The van der Waals surface area contributed by atoms with Gasteiger partial charge in [-0.3, -0.25) is 14.4 Å². The number of nitrogens with one attached hydrogen (secondary N) is 3. The van der Waals surface area contributed by atoms with Crippen LogP contribution in [0.5, 0.6) is 11.5 Å². The largest absolute Gasteiger partial charge is 0.586 e. The molecule has 310 valence electrons. The number of amides is 3. The van der Waals surface area contributed by atoms with Crippen molar-refractivity contribution in [2.45, 2.75) is 108 Å². The molecule has 0 aromatic heterocycles. The Kier molecular flexibility index (Phi) is 24.7. The second kappa shape index (κ2) is 28.6. The van der Waals surface area contributed by atoms with Gasteiger partial charge >= 0.3 is 6.29 Å². The molecule has 0 unspecified atom stereocenters. The zero-order chi connectivity index (χ0) is 40.9. The van der Waals surface area contributed by atoms with Crippen LogP contribution >= 0.6 is 21.6 Å². The van der Waals surface area contributed by atoms with Crippen molar-refractivity contribution in [3.05, 3.63) is 96.7 Å². The Morgan fingerprint density at radius 1 is 0.786 bits per heavy atom. The van der Waals surface area contributed by atoms with Gasteiger partial charge in [-0.1, -0.05) is 121 Å². The standard InChI is InChI=1S/C27H43NOS2.C16H18F2N2O5/c1-4-5-6-7-8-9-10-11-12-13-14-15-16-17-18-19-20-21-22-23-27(29)28-24-25-30-31-26(2)3;17-16(18)24-11-3-2-10(8-12(11)25-16)15(4-5-15)14(23)20-9-13(22)19-6-1-7-21/h5-6,8-9,11-12,14-15,17-18,20-21,26H,4,7,10,13,16,19,22-25H2,1-3H3,(H,28,29);2-3,8,21H,1,4-7,9H2,(H,19,22)(H,20,23)/b6-5-,9-8-,12-11-,15-14-,18-17-,21-20-;. The Hall–Kier alpha value is -3.81. The van der Waals surface area contributed by atoms with Gasteiger partial charge in [0.25, 0.3) is 0 Å². The summed E-state index contributed by atoms with van der Waals surface area (Å²) in [6, 6.07) is 4.28. The smallest absolute Gasteiger partial charge is 0.396 e. The number of ether oxygens (including phenoxy) is 2. The molecule has 13 heteroatoms. The van der Waals surface area contributed by atoms with Gasteiger partial charge in [0.1, 0.15) is 0 Å². The molecule has 1 aliphatic heterocycles. The molecule has 3 rings (SSSR count). The molecule has 1 aromatic rings. The van der Waals surface area contributed by atoms with Gasteiger partial charge in [-0.15, -0.1) is 8.78 Å². The Balaban J connectivity index is 0.000000393. The van der Waals surface area contributed by atoms with Gasteiger partial charge in [0, 0.05) is 37.1 Å². The summed E-state index contributed by atoms with van der Waals surface area (Å²) in [7, 11) is 3.68. The van der Waals surface area contributed by atoms with Crippen LogP contribution in [0.4, 0.5) is 8.78 Å². The molecule has 0 atom stereocenters. The Bertz CT molecular complexity index is 1510. The van der Waals surface area contributed by atoms with Crippen LogP contribution in [-0.4, -0.2) is 66.4 Å². The lowest BCUT2D eigenvalue weighted by molar-refractivity contribution is -0.286. The summed E-state index contributed by atoms with van der Waals surface area (Å²) >= 11 is 0. The van der Waals surface area contributed by atoms with Gasteiger partial charge in [0.2, 0.25) is 17.7 Å². The molecule has 1 aliphatic carbocycles. The maximum absolute atomic E-state index is 13.1. The minimum atomic E-state index is -3.70. The van der Waals surface area contributed by atoms with E-state index in [4.69, 9.17) is 5.11 Å². The van der Waals surface area contributed by atoms with E-state index >= 15 is 0 Å². The van der Waals surface area contributed by atoms with Crippen LogP contribution in [0, 0.1) is 0 Å². The normalized spacial score (nSPS) is 15.4. The average Bonchev–Trinajstić information content (AvgIpc) is 3.91. The van der Waals surface area contributed by atoms with Crippen molar-refractivity contribution in [1.29, 1.82) is 0 Å². The van der Waals surface area contributed by atoms with Gasteiger partial charge in [0.15, 0.2) is 11.5 Å². The molecule has 3 amide bonds. The molecule has 1 heterocycles. The highest BCUT2D eigenvalue weighted by Gasteiger charge is 2.52. The van der Waals surface area contributed by atoms with E-state index in [2.05, 4.69) is 119 Å². The number of benzene rings is 1. The van der Waals surface area contributed by atoms with Crippen molar-refractivity contribution in [2.24, 2.45) is 0 Å². The number of carbonyl (C=O) groups is 3. The topological polar surface area (TPSA) is 126 Å². The van der Waals surface area contributed by atoms with E-state index < -0.39 is 11.7 Å². The van der Waals surface area contributed by atoms with Gasteiger partial charge in [-0.2, -0.15) is 0 Å². The fourth-order valence-electron chi connectivity index (χ4n) is 5.08. The summed E-state index contributed by atoms with van der Waals surface area (Å²) in [6.45, 7) is 7.39. The van der Waals surface area contributed by atoms with Crippen LogP contribution in [0.3, 0.4) is 0 Å². The predicted octanol–water partition coefficient (Wildman–Crippen LogP) is 9.02. The van der Waals surface area contributed by atoms with E-state index in [1.807, 2.05) is 21.6 Å². The van der Waals surface area contributed by atoms with Crippen LogP contribution < -0.4 is 25.4 Å². The number of halogens is 2. The summed E-state index contributed by atoms with van der Waals surface area (Å²) in [4.78, 5) is 35.8. The van der Waals surface area contributed by atoms with Gasteiger partial charge in [-0.05, 0) is 81.9 Å². The number of aliphatic hydroxyl groups excluding tert-OH is 1. The molecular formula is C43H61F2N3O6S2. The first-order chi connectivity index (χ1) is 27.0. The van der Waals surface area contributed by atoms with E-state index in [0.29, 0.717) is 43.0 Å². The van der Waals surface area contributed by atoms with E-state index in [1.165, 1.54) is 12.1 Å². The molecule has 0 spiro atoms. The summed E-state index contributed by atoms with van der Waals surface area (Å²) < 4.78 is 34.9. The van der Waals surface area contributed by atoms with Crippen LogP contribution in [0.1, 0.15) is 97.0 Å². The Morgan fingerprint density at radius 3 is 1.89 bits per heavy atom. The first-order valence-electron chi connectivity index (χ1n) is 19.5. The van der Waals surface area contributed by atoms with Gasteiger partial charge in [0.05, 0.1) is 12.0 Å². The summed E-state index contributed by atoms with van der Waals surface area (Å²) in [5.41, 5.74) is -0.285. The lowest BCUT2D eigenvalue weighted by Gasteiger charge is -2.16. The summed E-state index contributed by atoms with van der Waals surface area (Å²) in [5, 5.41) is 17.4. The first kappa shape index (κ1) is 48.3. The quantitative estimate of drug-likeness (QED) is 0.0415. The lowest BCUT2D eigenvalue weighted by atomic mass is 9.94. The van der Waals surface area contributed by atoms with Crippen molar-refractivity contribution in [1.82, 2.24) is 16.0 Å². The third kappa shape index (κ3) is 21.5. The molecule has 9 nitrogen and oxygen atoms in total. The summed E-state index contributed by atoms with van der Waals surface area (Å²) in [6.07, 6.45) is 31.6. The van der Waals surface area contributed by atoms with E-state index in [9.17, 15) is 23.2 Å². The first-order valence-corrected chi connectivity index (χ1v) is 21.9. The monoisotopic (exact) mass is 817 g/mol. The SMILES string of the molecule is CC/C=C\C/C=C\C/C=C\C/C=C\C/C=C\C/C=C\CCC(=O)NCCSSC(C)C.O=C(CNC(=O)C1(c2ccc3c(c2)OC(F)(F)O3)CC1)NCCCO. The molecule has 1 fully saturated rings. The molecule has 1 saturated carbocycles.